The van der Waals surface area contributed by atoms with Crippen molar-refractivity contribution in [3.05, 3.63) is 56.3 Å². The Morgan fingerprint density at radius 3 is 2.84 bits per heavy atom. The van der Waals surface area contributed by atoms with Gasteiger partial charge in [-0.15, -0.1) is 0 Å². The van der Waals surface area contributed by atoms with Crippen LogP contribution in [0.3, 0.4) is 0 Å². The molecule has 0 spiro atoms. The van der Waals surface area contributed by atoms with Crippen LogP contribution in [-0.2, 0) is 24.8 Å². The monoisotopic (exact) mass is 345 g/mol. The number of hydrogen-bond donors (Lipinski definition) is 1. The molecule has 2 heterocycles. The lowest BCUT2D eigenvalue weighted by Gasteiger charge is -2.34. The molecule has 1 aliphatic rings. The van der Waals surface area contributed by atoms with Crippen LogP contribution in [0.25, 0.3) is 0 Å². The number of furan rings is 1. The highest BCUT2D eigenvalue weighted by atomic mass is 16.3. The summed E-state index contributed by atoms with van der Waals surface area (Å²) in [4.78, 5) is 36.0. The molecule has 134 valence electrons. The number of nitrogens with one attached hydrogen (secondary N) is 1. The molecule has 3 rings (SSSR count). The predicted octanol–water partition coefficient (Wildman–Crippen LogP) is 1.28. The molecule has 1 amide bonds. The minimum Gasteiger partial charge on any atom is -0.466 e. The summed E-state index contributed by atoms with van der Waals surface area (Å²) < 4.78 is 7.98. The molecule has 0 aliphatic heterocycles. The second-order valence-electron chi connectivity index (χ2n) is 7.52. The number of fused-ring (bicyclic) bond motifs is 1. The van der Waals surface area contributed by atoms with E-state index >= 15 is 0 Å². The van der Waals surface area contributed by atoms with Gasteiger partial charge in [0.15, 0.2) is 0 Å². The highest BCUT2D eigenvalue weighted by molar-refractivity contribution is 5.76. The van der Waals surface area contributed by atoms with Crippen LogP contribution in [0.5, 0.6) is 0 Å². The summed E-state index contributed by atoms with van der Waals surface area (Å²) in [5, 5.41) is 3.01. The van der Waals surface area contributed by atoms with Crippen LogP contribution >= 0.6 is 0 Å². The molecule has 1 N–H and O–H groups in total. The Hall–Kier alpha value is -2.57. The van der Waals surface area contributed by atoms with Gasteiger partial charge in [0.25, 0.3) is 5.56 Å². The van der Waals surface area contributed by atoms with Gasteiger partial charge in [0.1, 0.15) is 18.1 Å². The SMILES string of the molecule is Cc1cc2c(o1)CC(C)(C)C[C@@H]2NC(=O)Cn1ccc(=O)n(C)c1=O. The molecule has 1 atom stereocenters. The smallest absolute Gasteiger partial charge is 0.331 e. The lowest BCUT2D eigenvalue weighted by molar-refractivity contribution is -0.122. The van der Waals surface area contributed by atoms with E-state index in [0.717, 1.165) is 34.5 Å². The summed E-state index contributed by atoms with van der Waals surface area (Å²) >= 11 is 0. The Bertz CT molecular complexity index is 933. The highest BCUT2D eigenvalue weighted by Gasteiger charge is 2.35. The Morgan fingerprint density at radius 2 is 2.12 bits per heavy atom. The first-order chi connectivity index (χ1) is 11.7. The minimum atomic E-state index is -0.508. The molecule has 7 nitrogen and oxygen atoms in total. The van der Waals surface area contributed by atoms with Crippen molar-refractivity contribution in [3.63, 3.8) is 0 Å². The van der Waals surface area contributed by atoms with Gasteiger partial charge in [-0.2, -0.15) is 0 Å². The van der Waals surface area contributed by atoms with Gasteiger partial charge < -0.3 is 9.73 Å². The van der Waals surface area contributed by atoms with Gasteiger partial charge in [0, 0.05) is 31.3 Å². The number of nitrogens with zero attached hydrogens (tertiary/aromatic N) is 2. The fraction of sp³-hybridized carbons (Fsp3) is 0.500. The van der Waals surface area contributed by atoms with E-state index < -0.39 is 11.2 Å². The topological polar surface area (TPSA) is 86.2 Å². The van der Waals surface area contributed by atoms with Crippen molar-refractivity contribution in [3.8, 4) is 0 Å². The van der Waals surface area contributed by atoms with E-state index in [1.807, 2.05) is 13.0 Å². The van der Waals surface area contributed by atoms with Crippen molar-refractivity contribution in [1.29, 1.82) is 0 Å². The van der Waals surface area contributed by atoms with Crippen molar-refractivity contribution in [2.24, 2.45) is 12.5 Å². The summed E-state index contributed by atoms with van der Waals surface area (Å²) in [6, 6.07) is 3.09. The molecule has 0 radical (unpaired) electrons. The molecule has 0 bridgehead atoms. The van der Waals surface area contributed by atoms with Crippen molar-refractivity contribution in [2.75, 3.05) is 0 Å². The average Bonchev–Trinajstić information content (AvgIpc) is 2.87. The maximum atomic E-state index is 12.5. The Balaban J connectivity index is 1.80. The molecule has 2 aromatic rings. The molecule has 25 heavy (non-hydrogen) atoms. The van der Waals surface area contributed by atoms with Gasteiger partial charge in [-0.3, -0.25) is 18.7 Å². The molecule has 0 aromatic carbocycles. The molecule has 0 unspecified atom stereocenters. The van der Waals surface area contributed by atoms with E-state index in [1.165, 1.54) is 23.9 Å². The van der Waals surface area contributed by atoms with E-state index in [-0.39, 0.29) is 23.9 Å². The van der Waals surface area contributed by atoms with Crippen molar-refractivity contribution in [2.45, 2.75) is 46.2 Å². The standard InChI is InChI=1S/C18H23N3O4/c1-11-7-12-13(8-18(2,3)9-14(12)25-11)19-15(22)10-21-6-5-16(23)20(4)17(21)24/h5-7,13H,8-10H2,1-4H3,(H,19,22)/t13-/m0/s1. The Labute approximate surface area is 145 Å². The first-order valence-electron chi connectivity index (χ1n) is 8.31. The number of aromatic nitrogens is 2. The third kappa shape index (κ3) is 3.45. The van der Waals surface area contributed by atoms with E-state index in [4.69, 9.17) is 4.42 Å². The number of aryl methyl sites for hydroxylation is 1. The summed E-state index contributed by atoms with van der Waals surface area (Å²) in [5.41, 5.74) is 0.126. The molecule has 1 aliphatic carbocycles. The van der Waals surface area contributed by atoms with Crippen molar-refractivity contribution >= 4 is 5.91 Å². The normalized spacial score (nSPS) is 18.6. The van der Waals surface area contributed by atoms with E-state index in [2.05, 4.69) is 19.2 Å². The fourth-order valence-corrected chi connectivity index (χ4v) is 3.44. The third-order valence-corrected chi connectivity index (χ3v) is 4.65. The number of amides is 1. The molecule has 0 fully saturated rings. The molecule has 7 heteroatoms. The number of rotatable bonds is 3. The van der Waals surface area contributed by atoms with Gasteiger partial charge in [-0.25, -0.2) is 4.79 Å². The Kier molecular flexibility index (Phi) is 4.18. The molecular weight excluding hydrogens is 322 g/mol. The quantitative estimate of drug-likeness (QED) is 0.908. The zero-order valence-electron chi connectivity index (χ0n) is 15.0. The van der Waals surface area contributed by atoms with Gasteiger partial charge in [-0.05, 0) is 24.8 Å². The van der Waals surface area contributed by atoms with Crippen LogP contribution in [-0.4, -0.2) is 15.0 Å². The zero-order chi connectivity index (χ0) is 18.4. The summed E-state index contributed by atoms with van der Waals surface area (Å²) in [6.45, 7) is 6.05. The molecule has 0 saturated carbocycles. The van der Waals surface area contributed by atoms with Crippen molar-refractivity contribution < 1.29 is 9.21 Å². The van der Waals surface area contributed by atoms with E-state index in [0.29, 0.717) is 0 Å². The van der Waals surface area contributed by atoms with Crippen LogP contribution in [0.1, 0.15) is 43.4 Å². The first-order valence-corrected chi connectivity index (χ1v) is 8.31. The summed E-state index contributed by atoms with van der Waals surface area (Å²) in [5.74, 6) is 1.47. The third-order valence-electron chi connectivity index (χ3n) is 4.65. The highest BCUT2D eigenvalue weighted by Crippen LogP contribution is 2.41. The summed E-state index contributed by atoms with van der Waals surface area (Å²) in [6.07, 6.45) is 2.98. The van der Waals surface area contributed by atoms with Crippen LogP contribution < -0.4 is 16.6 Å². The minimum absolute atomic E-state index is 0.0166. The fourth-order valence-electron chi connectivity index (χ4n) is 3.44. The molecular formula is C18H23N3O4. The molecule has 2 aromatic heterocycles. The maximum Gasteiger partial charge on any atom is 0.331 e. The Morgan fingerprint density at radius 1 is 1.40 bits per heavy atom. The molecule has 0 saturated heterocycles. The average molecular weight is 345 g/mol. The number of hydrogen-bond acceptors (Lipinski definition) is 4. The van der Waals surface area contributed by atoms with Gasteiger partial charge in [0.2, 0.25) is 5.91 Å². The predicted molar refractivity (Wildman–Crippen MR) is 92.4 cm³/mol. The van der Waals surface area contributed by atoms with Crippen LogP contribution in [0.15, 0.2) is 32.3 Å². The second kappa shape index (κ2) is 6.06. The van der Waals surface area contributed by atoms with Crippen LogP contribution in [0.4, 0.5) is 0 Å². The van der Waals surface area contributed by atoms with E-state index in [9.17, 15) is 14.4 Å². The summed E-state index contributed by atoms with van der Waals surface area (Å²) in [7, 11) is 1.39. The van der Waals surface area contributed by atoms with Gasteiger partial charge >= 0.3 is 5.69 Å². The zero-order valence-corrected chi connectivity index (χ0v) is 15.0. The van der Waals surface area contributed by atoms with Gasteiger partial charge in [0.05, 0.1) is 6.04 Å². The first kappa shape index (κ1) is 17.3. The number of carbonyl (C=O) groups is 1. The largest absolute Gasteiger partial charge is 0.466 e. The lowest BCUT2D eigenvalue weighted by Crippen LogP contribution is -2.42. The van der Waals surface area contributed by atoms with Crippen LogP contribution in [0, 0.1) is 12.3 Å². The number of carbonyl (C=O) groups excluding carboxylic acids is 1. The van der Waals surface area contributed by atoms with E-state index in [1.54, 1.807) is 0 Å². The lowest BCUT2D eigenvalue weighted by atomic mass is 9.74. The van der Waals surface area contributed by atoms with Crippen molar-refractivity contribution in [1.82, 2.24) is 14.5 Å². The second-order valence-corrected chi connectivity index (χ2v) is 7.52. The van der Waals surface area contributed by atoms with Gasteiger partial charge in [-0.1, -0.05) is 13.8 Å². The maximum absolute atomic E-state index is 12.5. The van der Waals surface area contributed by atoms with Crippen LogP contribution in [0.2, 0.25) is 0 Å².